The van der Waals surface area contributed by atoms with Crippen LogP contribution in [0.3, 0.4) is 0 Å². The summed E-state index contributed by atoms with van der Waals surface area (Å²) in [4.78, 5) is 25.1. The Kier molecular flexibility index (Phi) is 6.63. The molecule has 0 aliphatic heterocycles. The van der Waals surface area contributed by atoms with Gasteiger partial charge in [0.05, 0.1) is 15.6 Å². The highest BCUT2D eigenvalue weighted by Crippen LogP contribution is 2.25. The van der Waals surface area contributed by atoms with E-state index >= 15 is 0 Å². The van der Waals surface area contributed by atoms with E-state index in [0.29, 0.717) is 10.4 Å². The van der Waals surface area contributed by atoms with E-state index in [4.69, 9.17) is 11.6 Å². The van der Waals surface area contributed by atoms with Gasteiger partial charge in [-0.2, -0.15) is 0 Å². The van der Waals surface area contributed by atoms with Gasteiger partial charge >= 0.3 is 6.36 Å². The molecule has 2 amide bonds. The van der Waals surface area contributed by atoms with Crippen LogP contribution in [0.4, 0.5) is 18.9 Å². The molecule has 3 rings (SSSR count). The number of benzene rings is 2. The van der Waals surface area contributed by atoms with E-state index in [9.17, 15) is 22.8 Å². The number of rotatable bonds is 6. The number of halogens is 4. The van der Waals surface area contributed by atoms with Crippen LogP contribution in [0.2, 0.25) is 5.02 Å². The molecule has 156 valence electrons. The van der Waals surface area contributed by atoms with Gasteiger partial charge < -0.3 is 15.4 Å². The molecule has 5 nitrogen and oxygen atoms in total. The number of alkyl halides is 3. The number of amides is 2. The normalized spacial score (nSPS) is 11.1. The first kappa shape index (κ1) is 21.7. The fourth-order valence-electron chi connectivity index (χ4n) is 2.45. The van der Waals surface area contributed by atoms with Crippen molar-refractivity contribution in [3.05, 3.63) is 81.0 Å². The molecule has 0 unspecified atom stereocenters. The Morgan fingerprint density at radius 3 is 2.40 bits per heavy atom. The number of carbonyl (C=O) groups is 2. The van der Waals surface area contributed by atoms with Crippen LogP contribution in [-0.4, -0.2) is 18.2 Å². The van der Waals surface area contributed by atoms with Gasteiger partial charge in [0.25, 0.3) is 11.8 Å². The van der Waals surface area contributed by atoms with Crippen molar-refractivity contribution in [1.29, 1.82) is 0 Å². The zero-order valence-electron chi connectivity index (χ0n) is 15.1. The molecule has 0 spiro atoms. The molecule has 0 saturated heterocycles. The van der Waals surface area contributed by atoms with Gasteiger partial charge in [0.1, 0.15) is 5.75 Å². The molecule has 0 bridgehead atoms. The standard InChI is InChI=1S/C20H14ClF3N2O3S/c21-15-8-5-13(10-16(15)26-19(28)17-2-1-9-30-17)18(27)25-11-12-3-6-14(7-4-12)29-20(22,23)24/h1-10H,11H2,(H,25,27)(H,26,28). The predicted molar refractivity (Wildman–Crippen MR) is 108 cm³/mol. The highest BCUT2D eigenvalue weighted by atomic mass is 35.5. The third kappa shape index (κ3) is 5.98. The molecule has 0 aliphatic rings. The summed E-state index contributed by atoms with van der Waals surface area (Å²) in [5, 5.41) is 7.36. The molecule has 3 aromatic rings. The lowest BCUT2D eigenvalue weighted by atomic mass is 10.1. The average Bonchev–Trinajstić information content (AvgIpc) is 3.22. The van der Waals surface area contributed by atoms with Crippen LogP contribution >= 0.6 is 22.9 Å². The first-order valence-corrected chi connectivity index (χ1v) is 9.74. The number of nitrogens with one attached hydrogen (secondary N) is 2. The highest BCUT2D eigenvalue weighted by Gasteiger charge is 2.30. The van der Waals surface area contributed by atoms with Crippen molar-refractivity contribution < 1.29 is 27.5 Å². The van der Waals surface area contributed by atoms with Gasteiger partial charge in [0.2, 0.25) is 0 Å². The Morgan fingerprint density at radius 1 is 1.03 bits per heavy atom. The number of hydrogen-bond donors (Lipinski definition) is 2. The minimum absolute atomic E-state index is 0.0879. The summed E-state index contributed by atoms with van der Waals surface area (Å²) >= 11 is 7.38. The Bertz CT molecular complexity index is 1040. The summed E-state index contributed by atoms with van der Waals surface area (Å²) in [5.74, 6) is -1.12. The van der Waals surface area contributed by atoms with Crippen molar-refractivity contribution in [2.24, 2.45) is 0 Å². The highest BCUT2D eigenvalue weighted by molar-refractivity contribution is 7.12. The summed E-state index contributed by atoms with van der Waals surface area (Å²) in [6.07, 6.45) is -4.76. The van der Waals surface area contributed by atoms with E-state index in [1.165, 1.54) is 41.7 Å². The second-order valence-electron chi connectivity index (χ2n) is 6.00. The lowest BCUT2D eigenvalue weighted by Gasteiger charge is -2.11. The van der Waals surface area contributed by atoms with Crippen molar-refractivity contribution in [2.75, 3.05) is 5.32 Å². The van der Waals surface area contributed by atoms with E-state index in [1.807, 2.05) is 0 Å². The van der Waals surface area contributed by atoms with Crippen LogP contribution in [0.15, 0.2) is 60.0 Å². The molecule has 0 aliphatic carbocycles. The largest absolute Gasteiger partial charge is 0.573 e. The predicted octanol–water partition coefficient (Wildman–Crippen LogP) is 5.48. The van der Waals surface area contributed by atoms with Gasteiger partial charge in [-0.1, -0.05) is 29.8 Å². The van der Waals surface area contributed by atoms with E-state index < -0.39 is 12.3 Å². The molecule has 1 aromatic heterocycles. The third-order valence-electron chi connectivity index (χ3n) is 3.83. The van der Waals surface area contributed by atoms with Crippen LogP contribution in [0.5, 0.6) is 5.75 Å². The minimum Gasteiger partial charge on any atom is -0.406 e. The first-order valence-electron chi connectivity index (χ1n) is 8.48. The van der Waals surface area contributed by atoms with Gasteiger partial charge in [-0.05, 0) is 47.3 Å². The van der Waals surface area contributed by atoms with E-state index in [1.54, 1.807) is 17.5 Å². The maximum Gasteiger partial charge on any atom is 0.573 e. The van der Waals surface area contributed by atoms with Gasteiger partial charge in [-0.3, -0.25) is 9.59 Å². The molecule has 0 saturated carbocycles. The van der Waals surface area contributed by atoms with E-state index in [2.05, 4.69) is 15.4 Å². The molecule has 2 N–H and O–H groups in total. The fraction of sp³-hybridized carbons (Fsp3) is 0.100. The van der Waals surface area contributed by atoms with Gasteiger partial charge in [-0.15, -0.1) is 24.5 Å². The minimum atomic E-state index is -4.76. The monoisotopic (exact) mass is 454 g/mol. The molecule has 2 aromatic carbocycles. The maximum absolute atomic E-state index is 12.4. The number of anilines is 1. The number of ether oxygens (including phenoxy) is 1. The Morgan fingerprint density at radius 2 is 1.77 bits per heavy atom. The Labute approximate surface area is 178 Å². The second-order valence-corrected chi connectivity index (χ2v) is 7.36. The lowest BCUT2D eigenvalue weighted by Crippen LogP contribution is -2.23. The molecule has 0 radical (unpaired) electrons. The van der Waals surface area contributed by atoms with Crippen molar-refractivity contribution in [3.63, 3.8) is 0 Å². The molecular formula is C20H14ClF3N2O3S. The fourth-order valence-corrected chi connectivity index (χ4v) is 3.23. The lowest BCUT2D eigenvalue weighted by molar-refractivity contribution is -0.274. The van der Waals surface area contributed by atoms with Gasteiger partial charge in [0.15, 0.2) is 0 Å². The molecule has 0 atom stereocenters. The second kappa shape index (κ2) is 9.19. The Balaban J connectivity index is 1.62. The molecule has 1 heterocycles. The summed E-state index contributed by atoms with van der Waals surface area (Å²) < 4.78 is 40.4. The number of carbonyl (C=O) groups excluding carboxylic acids is 2. The average molecular weight is 455 g/mol. The van der Waals surface area contributed by atoms with E-state index in [-0.39, 0.29) is 34.5 Å². The van der Waals surface area contributed by atoms with Gasteiger partial charge in [0, 0.05) is 12.1 Å². The van der Waals surface area contributed by atoms with Crippen molar-refractivity contribution in [2.45, 2.75) is 12.9 Å². The van der Waals surface area contributed by atoms with Crippen LogP contribution in [0, 0.1) is 0 Å². The SMILES string of the molecule is O=C(NCc1ccc(OC(F)(F)F)cc1)c1ccc(Cl)c(NC(=O)c2cccs2)c1. The summed E-state index contributed by atoms with van der Waals surface area (Å²) in [5.41, 5.74) is 1.13. The van der Waals surface area contributed by atoms with Crippen molar-refractivity contribution in [3.8, 4) is 5.75 Å². The molecule has 30 heavy (non-hydrogen) atoms. The summed E-state index contributed by atoms with van der Waals surface area (Å²) in [6, 6.07) is 13.0. The van der Waals surface area contributed by atoms with Crippen LogP contribution in [-0.2, 0) is 6.54 Å². The first-order chi connectivity index (χ1) is 14.2. The molecule has 0 fully saturated rings. The summed E-state index contributed by atoms with van der Waals surface area (Å²) in [7, 11) is 0. The van der Waals surface area contributed by atoms with E-state index in [0.717, 1.165) is 12.1 Å². The number of hydrogen-bond acceptors (Lipinski definition) is 4. The van der Waals surface area contributed by atoms with Gasteiger partial charge in [-0.25, -0.2) is 0 Å². The Hall–Kier alpha value is -3.04. The zero-order valence-corrected chi connectivity index (χ0v) is 16.7. The maximum atomic E-state index is 12.4. The smallest absolute Gasteiger partial charge is 0.406 e. The number of thiophene rings is 1. The van der Waals surface area contributed by atoms with Crippen LogP contribution < -0.4 is 15.4 Å². The molecular weight excluding hydrogens is 441 g/mol. The topological polar surface area (TPSA) is 67.4 Å². The third-order valence-corrected chi connectivity index (χ3v) is 5.03. The van der Waals surface area contributed by atoms with Crippen LogP contribution in [0.25, 0.3) is 0 Å². The van der Waals surface area contributed by atoms with Crippen LogP contribution in [0.1, 0.15) is 25.6 Å². The van der Waals surface area contributed by atoms with Crippen molar-refractivity contribution in [1.82, 2.24) is 5.32 Å². The molecule has 10 heteroatoms. The van der Waals surface area contributed by atoms with Crippen molar-refractivity contribution >= 4 is 40.4 Å². The zero-order chi connectivity index (χ0) is 21.7. The quantitative estimate of drug-likeness (QED) is 0.518. The summed E-state index contributed by atoms with van der Waals surface area (Å²) in [6.45, 7) is 0.0879.